The highest BCUT2D eigenvalue weighted by Crippen LogP contribution is 2.38. The lowest BCUT2D eigenvalue weighted by molar-refractivity contribution is -0.382. The number of hydrogen-bond acceptors (Lipinski definition) is 8. The van der Waals surface area contributed by atoms with Crippen molar-refractivity contribution in [3.05, 3.63) is 38.4 Å². The van der Waals surface area contributed by atoms with Gasteiger partial charge in [0, 0.05) is 40.3 Å². The Kier molecular flexibility index (Phi) is 5.29. The van der Waals surface area contributed by atoms with E-state index in [4.69, 9.17) is 5.11 Å². The van der Waals surface area contributed by atoms with E-state index in [1.807, 2.05) is 11.9 Å². The van der Waals surface area contributed by atoms with E-state index in [0.29, 0.717) is 26.2 Å². The van der Waals surface area contributed by atoms with Gasteiger partial charge in [-0.3, -0.25) is 19.6 Å². The number of halogens is 1. The van der Waals surface area contributed by atoms with Crippen molar-refractivity contribution in [3.8, 4) is 5.75 Å². The molecule has 1 N–H and O–H groups in total. The van der Waals surface area contributed by atoms with E-state index in [-0.39, 0.29) is 16.6 Å². The summed E-state index contributed by atoms with van der Waals surface area (Å²) in [4.78, 5) is 38.4. The van der Waals surface area contributed by atoms with E-state index in [1.165, 1.54) is 23.8 Å². The number of carbonyl (C=O) groups is 1. The molecule has 0 radical (unpaired) electrons. The minimum absolute atomic E-state index is 0.141. The average Bonchev–Trinajstić information content (AvgIpc) is 2.63. The number of carboxylic acid groups (broad SMARTS) is 1. The zero-order valence-corrected chi connectivity index (χ0v) is 16.1. The van der Waals surface area contributed by atoms with Crippen LogP contribution in [-0.4, -0.2) is 73.1 Å². The van der Waals surface area contributed by atoms with Crippen molar-refractivity contribution in [3.63, 3.8) is 0 Å². The third kappa shape index (κ3) is 3.66. The average molecular weight is 409 g/mol. The Morgan fingerprint density at radius 3 is 2.45 bits per heavy atom. The Hall–Kier alpha value is -3.41. The molecule has 0 amide bonds. The van der Waals surface area contributed by atoms with Crippen LogP contribution in [0.25, 0.3) is 10.9 Å². The molecule has 0 spiro atoms. The molecule has 2 aromatic rings. The maximum atomic E-state index is 15.1. The molecular weight excluding hydrogens is 389 g/mol. The van der Waals surface area contributed by atoms with Gasteiger partial charge in [-0.1, -0.05) is 0 Å². The lowest BCUT2D eigenvalue weighted by Gasteiger charge is -2.34. The number of nitro groups is 1. The van der Waals surface area contributed by atoms with Crippen molar-refractivity contribution < 1.29 is 24.0 Å². The minimum atomic E-state index is -1.73. The minimum Gasteiger partial charge on any atom is -0.449 e. The SMILES string of the molecule is CN1CCN(c2c(F)cc3c(=O)c(OC(=O)O)cn(N(C)C)c3c2[N+](=O)[O-])CC1. The van der Waals surface area contributed by atoms with Gasteiger partial charge in [0.1, 0.15) is 0 Å². The van der Waals surface area contributed by atoms with E-state index in [1.54, 1.807) is 4.90 Å². The van der Waals surface area contributed by atoms with Gasteiger partial charge in [0.15, 0.2) is 17.0 Å². The summed E-state index contributed by atoms with van der Waals surface area (Å²) < 4.78 is 20.7. The number of nitro benzene ring substituents is 1. The fourth-order valence-electron chi connectivity index (χ4n) is 3.37. The van der Waals surface area contributed by atoms with Gasteiger partial charge in [-0.05, 0) is 13.1 Å². The summed E-state index contributed by atoms with van der Waals surface area (Å²) in [5, 5.41) is 21.9. The van der Waals surface area contributed by atoms with Crippen LogP contribution in [0.5, 0.6) is 5.75 Å². The number of rotatable bonds is 4. The lowest BCUT2D eigenvalue weighted by atomic mass is 10.1. The van der Waals surface area contributed by atoms with Crippen LogP contribution in [0, 0.1) is 15.9 Å². The Labute approximate surface area is 164 Å². The van der Waals surface area contributed by atoms with Crippen molar-refractivity contribution in [1.29, 1.82) is 0 Å². The fraction of sp³-hybridized carbons (Fsp3) is 0.412. The van der Waals surface area contributed by atoms with Crippen molar-refractivity contribution in [2.24, 2.45) is 0 Å². The number of aromatic nitrogens is 1. The number of ether oxygens (including phenoxy) is 1. The summed E-state index contributed by atoms with van der Waals surface area (Å²) in [6.07, 6.45) is -0.687. The van der Waals surface area contributed by atoms with E-state index in [2.05, 4.69) is 4.74 Å². The Morgan fingerprint density at radius 1 is 1.31 bits per heavy atom. The zero-order valence-electron chi connectivity index (χ0n) is 16.1. The first-order chi connectivity index (χ1) is 13.6. The number of benzene rings is 1. The highest BCUT2D eigenvalue weighted by atomic mass is 19.1. The standard InChI is InChI=1S/C17H20FN5O6/c1-19(2)22-9-12(29-17(25)26)16(24)10-8-11(18)14(15(13(10)22)23(27)28)21-6-4-20(3)5-7-21/h8-9H,4-7H2,1-3H3,(H,25,26). The molecule has 2 heterocycles. The number of likely N-dealkylation sites (N-methyl/N-ethyl adjacent to an activating group) is 1. The van der Waals surface area contributed by atoms with Crippen molar-refractivity contribution in [2.75, 3.05) is 57.2 Å². The summed E-state index contributed by atoms with van der Waals surface area (Å²) in [6.45, 7) is 1.96. The molecule has 3 rings (SSSR count). The number of piperazine rings is 1. The molecular formula is C17H20FN5O6. The van der Waals surface area contributed by atoms with Gasteiger partial charge in [-0.15, -0.1) is 0 Å². The molecule has 0 bridgehead atoms. The number of pyridine rings is 1. The number of fused-ring (bicyclic) bond motifs is 1. The third-order valence-corrected chi connectivity index (χ3v) is 4.77. The van der Waals surface area contributed by atoms with E-state index >= 15 is 4.39 Å². The largest absolute Gasteiger partial charge is 0.511 e. The molecule has 11 nitrogen and oxygen atoms in total. The van der Waals surface area contributed by atoms with Crippen LogP contribution in [-0.2, 0) is 0 Å². The Bertz CT molecular complexity index is 1050. The first-order valence-corrected chi connectivity index (χ1v) is 8.70. The highest BCUT2D eigenvalue weighted by Gasteiger charge is 2.33. The predicted octanol–water partition coefficient (Wildman–Crippen LogP) is 1.06. The van der Waals surface area contributed by atoms with Crippen LogP contribution in [0.3, 0.4) is 0 Å². The van der Waals surface area contributed by atoms with Crippen molar-refractivity contribution in [1.82, 2.24) is 9.58 Å². The molecule has 1 aromatic heterocycles. The van der Waals surface area contributed by atoms with Crippen molar-refractivity contribution >= 4 is 28.4 Å². The van der Waals surface area contributed by atoms with Gasteiger partial charge in [0.2, 0.25) is 11.2 Å². The Morgan fingerprint density at radius 2 is 1.93 bits per heavy atom. The summed E-state index contributed by atoms with van der Waals surface area (Å²) in [5.74, 6) is -1.51. The first kappa shape index (κ1) is 20.3. The van der Waals surface area contributed by atoms with Crippen LogP contribution < -0.4 is 20.1 Å². The van der Waals surface area contributed by atoms with Gasteiger partial charge < -0.3 is 24.7 Å². The van der Waals surface area contributed by atoms with Crippen LogP contribution >= 0.6 is 0 Å². The summed E-state index contributed by atoms with van der Waals surface area (Å²) in [5.41, 5.74) is -1.85. The van der Waals surface area contributed by atoms with E-state index < -0.39 is 33.8 Å². The molecule has 1 aliphatic rings. The maximum Gasteiger partial charge on any atom is 0.511 e. The third-order valence-electron chi connectivity index (χ3n) is 4.77. The van der Waals surface area contributed by atoms with E-state index in [0.717, 1.165) is 12.3 Å². The van der Waals surface area contributed by atoms with Crippen LogP contribution in [0.1, 0.15) is 0 Å². The molecule has 29 heavy (non-hydrogen) atoms. The fourth-order valence-corrected chi connectivity index (χ4v) is 3.37. The van der Waals surface area contributed by atoms with Gasteiger partial charge in [-0.2, -0.15) is 0 Å². The quantitative estimate of drug-likeness (QED) is 0.449. The van der Waals surface area contributed by atoms with E-state index in [9.17, 15) is 19.7 Å². The molecule has 1 aliphatic heterocycles. The summed E-state index contributed by atoms with van der Waals surface area (Å²) >= 11 is 0. The molecule has 0 aliphatic carbocycles. The zero-order chi connectivity index (χ0) is 21.5. The highest BCUT2D eigenvalue weighted by molar-refractivity contribution is 5.95. The van der Waals surface area contributed by atoms with Gasteiger partial charge in [0.05, 0.1) is 16.5 Å². The topological polar surface area (TPSA) is 121 Å². The Balaban J connectivity index is 2.38. The molecule has 1 saturated heterocycles. The van der Waals surface area contributed by atoms with Crippen LogP contribution in [0.4, 0.5) is 20.6 Å². The molecule has 12 heteroatoms. The first-order valence-electron chi connectivity index (χ1n) is 8.70. The normalized spacial score (nSPS) is 14.8. The summed E-state index contributed by atoms with van der Waals surface area (Å²) in [7, 11) is 4.98. The second-order valence-corrected chi connectivity index (χ2v) is 6.88. The predicted molar refractivity (Wildman–Crippen MR) is 103 cm³/mol. The number of nitrogens with zero attached hydrogens (tertiary/aromatic N) is 5. The molecule has 156 valence electrons. The van der Waals surface area contributed by atoms with Gasteiger partial charge in [0.25, 0.3) is 0 Å². The monoisotopic (exact) mass is 409 g/mol. The second-order valence-electron chi connectivity index (χ2n) is 6.88. The lowest BCUT2D eigenvalue weighted by Crippen LogP contribution is -2.45. The van der Waals surface area contributed by atoms with Gasteiger partial charge in [-0.25, -0.2) is 9.18 Å². The molecule has 1 fully saturated rings. The summed E-state index contributed by atoms with van der Waals surface area (Å²) in [6, 6.07) is 0.896. The molecule has 1 aromatic carbocycles. The van der Waals surface area contributed by atoms with Crippen molar-refractivity contribution in [2.45, 2.75) is 0 Å². The second kappa shape index (κ2) is 7.54. The maximum absolute atomic E-state index is 15.1. The van der Waals surface area contributed by atoms with Crippen LogP contribution in [0.15, 0.2) is 17.1 Å². The molecule has 0 saturated carbocycles. The molecule has 0 unspecified atom stereocenters. The number of anilines is 1. The van der Waals surface area contributed by atoms with Crippen LogP contribution in [0.2, 0.25) is 0 Å². The number of hydrogen-bond donors (Lipinski definition) is 1. The smallest absolute Gasteiger partial charge is 0.449 e. The van der Waals surface area contributed by atoms with Gasteiger partial charge >= 0.3 is 11.8 Å². The molecule has 0 atom stereocenters.